The first-order chi connectivity index (χ1) is 9.19. The Morgan fingerprint density at radius 2 is 2.11 bits per heavy atom. The Morgan fingerprint density at radius 1 is 1.37 bits per heavy atom. The highest BCUT2D eigenvalue weighted by Gasteiger charge is 2.20. The van der Waals surface area contributed by atoms with Crippen LogP contribution >= 0.6 is 11.5 Å². The number of aliphatic hydroxyl groups is 1. The molecule has 1 N–H and O–H groups in total. The number of nitrogens with zero attached hydrogens (tertiary/aromatic N) is 4. The molecule has 0 aliphatic carbocycles. The minimum absolute atomic E-state index is 0.256. The van der Waals surface area contributed by atoms with Crippen molar-refractivity contribution in [2.45, 2.75) is 19.4 Å². The van der Waals surface area contributed by atoms with Gasteiger partial charge in [0.1, 0.15) is 5.82 Å². The average molecular weight is 286 g/mol. The molecule has 6 nitrogen and oxygen atoms in total. The van der Waals surface area contributed by atoms with E-state index in [1.54, 1.807) is 7.11 Å². The van der Waals surface area contributed by atoms with Crippen molar-refractivity contribution in [3.8, 4) is 0 Å². The van der Waals surface area contributed by atoms with Crippen LogP contribution in [0.25, 0.3) is 0 Å². The first-order valence-corrected chi connectivity index (χ1v) is 7.43. The highest BCUT2D eigenvalue weighted by Crippen LogP contribution is 2.19. The van der Waals surface area contributed by atoms with Crippen molar-refractivity contribution in [2.75, 3.05) is 51.3 Å². The summed E-state index contributed by atoms with van der Waals surface area (Å²) in [5, 5.41) is 10.4. The molecule has 1 saturated heterocycles. The molecule has 0 aromatic carbocycles. The van der Waals surface area contributed by atoms with E-state index >= 15 is 0 Å². The van der Waals surface area contributed by atoms with Crippen LogP contribution in [-0.2, 0) is 11.2 Å². The maximum absolute atomic E-state index is 9.39. The number of hydrogen-bond donors (Lipinski definition) is 1. The summed E-state index contributed by atoms with van der Waals surface area (Å²) >= 11 is 1.46. The molecule has 2 rings (SSSR count). The second-order valence-electron chi connectivity index (χ2n) is 4.87. The zero-order chi connectivity index (χ0) is 13.7. The molecule has 108 valence electrons. The predicted molar refractivity (Wildman–Crippen MR) is 75.8 cm³/mol. The Hall–Kier alpha value is -0.760. The second kappa shape index (κ2) is 7.14. The van der Waals surface area contributed by atoms with Crippen LogP contribution in [0.15, 0.2) is 0 Å². The van der Waals surface area contributed by atoms with E-state index in [1.807, 2.05) is 6.92 Å². The van der Waals surface area contributed by atoms with Crippen molar-refractivity contribution in [3.63, 3.8) is 0 Å². The number of ether oxygens (including phenoxy) is 1. The van der Waals surface area contributed by atoms with E-state index in [-0.39, 0.29) is 6.10 Å². The molecule has 1 aliphatic rings. The molecular formula is C12H22N4O2S. The third-order valence-corrected chi connectivity index (χ3v) is 3.97. The lowest BCUT2D eigenvalue weighted by Gasteiger charge is -2.34. The smallest absolute Gasteiger partial charge is 0.205 e. The van der Waals surface area contributed by atoms with E-state index < -0.39 is 0 Å². The molecule has 19 heavy (non-hydrogen) atoms. The van der Waals surface area contributed by atoms with Crippen molar-refractivity contribution in [2.24, 2.45) is 0 Å². The van der Waals surface area contributed by atoms with Crippen molar-refractivity contribution < 1.29 is 9.84 Å². The zero-order valence-electron chi connectivity index (χ0n) is 11.6. The average Bonchev–Trinajstić information content (AvgIpc) is 2.85. The van der Waals surface area contributed by atoms with Gasteiger partial charge in [-0.2, -0.15) is 4.37 Å². The van der Waals surface area contributed by atoms with Gasteiger partial charge in [-0.25, -0.2) is 4.98 Å². The number of rotatable bonds is 6. The molecule has 7 heteroatoms. The van der Waals surface area contributed by atoms with Gasteiger partial charge in [0.15, 0.2) is 0 Å². The van der Waals surface area contributed by atoms with Gasteiger partial charge in [-0.3, -0.25) is 4.90 Å². The molecule has 0 saturated carbocycles. The van der Waals surface area contributed by atoms with Gasteiger partial charge < -0.3 is 14.7 Å². The fourth-order valence-corrected chi connectivity index (χ4v) is 2.93. The third kappa shape index (κ3) is 4.38. The van der Waals surface area contributed by atoms with Gasteiger partial charge in [-0.1, -0.05) is 0 Å². The van der Waals surface area contributed by atoms with E-state index in [9.17, 15) is 5.11 Å². The summed E-state index contributed by atoms with van der Waals surface area (Å²) in [5.41, 5.74) is 0. The van der Waals surface area contributed by atoms with Gasteiger partial charge in [0, 0.05) is 57.8 Å². The summed E-state index contributed by atoms with van der Waals surface area (Å²) in [5.74, 6) is 0.869. The standard InChI is InChI=1S/C12H22N4O2S/c1-10(17)9-15-4-6-16(7-5-15)12-13-11(14-19-12)3-8-18-2/h10,17H,3-9H2,1-2H3/t10-/m1/s1. The van der Waals surface area contributed by atoms with Crippen LogP contribution < -0.4 is 4.90 Å². The van der Waals surface area contributed by atoms with Crippen molar-refractivity contribution in [1.29, 1.82) is 0 Å². The summed E-state index contributed by atoms with van der Waals surface area (Å²) in [7, 11) is 1.69. The van der Waals surface area contributed by atoms with Crippen LogP contribution in [0.4, 0.5) is 5.13 Å². The van der Waals surface area contributed by atoms with E-state index in [2.05, 4.69) is 19.2 Å². The number of β-amino-alcohol motifs (C(OH)–C–C–N with tert-alkyl or cyclic N) is 1. The zero-order valence-corrected chi connectivity index (χ0v) is 12.4. The number of anilines is 1. The van der Waals surface area contributed by atoms with Crippen LogP contribution in [0.3, 0.4) is 0 Å². The highest BCUT2D eigenvalue weighted by atomic mass is 32.1. The van der Waals surface area contributed by atoms with Crippen molar-refractivity contribution in [1.82, 2.24) is 14.3 Å². The maximum Gasteiger partial charge on any atom is 0.205 e. The van der Waals surface area contributed by atoms with Crippen LogP contribution in [0.2, 0.25) is 0 Å². The molecule has 0 amide bonds. The summed E-state index contributed by atoms with van der Waals surface area (Å²) < 4.78 is 9.38. The SMILES string of the molecule is COCCc1nsc(N2CCN(C[C@@H](C)O)CC2)n1. The van der Waals surface area contributed by atoms with Crippen molar-refractivity contribution >= 4 is 16.7 Å². The predicted octanol–water partition coefficient (Wildman–Crippen LogP) is 0.230. The Morgan fingerprint density at radius 3 is 2.74 bits per heavy atom. The van der Waals surface area contributed by atoms with Gasteiger partial charge in [0.2, 0.25) is 5.13 Å². The number of aliphatic hydroxyl groups excluding tert-OH is 1. The molecular weight excluding hydrogens is 264 g/mol. The number of hydrogen-bond acceptors (Lipinski definition) is 7. The van der Waals surface area contributed by atoms with E-state index in [0.29, 0.717) is 6.61 Å². The molecule has 1 aliphatic heterocycles. The topological polar surface area (TPSA) is 61.7 Å². The molecule has 0 unspecified atom stereocenters. The van der Waals surface area contributed by atoms with E-state index in [1.165, 1.54) is 11.5 Å². The lowest BCUT2D eigenvalue weighted by Crippen LogP contribution is -2.48. The third-order valence-electron chi connectivity index (χ3n) is 3.15. The largest absolute Gasteiger partial charge is 0.392 e. The second-order valence-corrected chi connectivity index (χ2v) is 5.60. The van der Waals surface area contributed by atoms with Crippen LogP contribution in [-0.4, -0.2) is 71.9 Å². The molecule has 0 spiro atoms. The maximum atomic E-state index is 9.39. The van der Waals surface area contributed by atoms with Gasteiger partial charge >= 0.3 is 0 Å². The fourth-order valence-electron chi connectivity index (χ4n) is 2.16. The Bertz CT molecular complexity index is 378. The molecule has 1 atom stereocenters. The van der Waals surface area contributed by atoms with E-state index in [4.69, 9.17) is 4.74 Å². The highest BCUT2D eigenvalue weighted by molar-refractivity contribution is 7.09. The lowest BCUT2D eigenvalue weighted by atomic mass is 10.3. The first-order valence-electron chi connectivity index (χ1n) is 6.66. The Balaban J connectivity index is 1.82. The van der Waals surface area contributed by atoms with Crippen molar-refractivity contribution in [3.05, 3.63) is 5.82 Å². The molecule has 1 aromatic rings. The van der Waals surface area contributed by atoms with Gasteiger partial charge in [0.05, 0.1) is 12.7 Å². The lowest BCUT2D eigenvalue weighted by molar-refractivity contribution is 0.122. The van der Waals surface area contributed by atoms with Crippen LogP contribution in [0.5, 0.6) is 0 Å². The minimum atomic E-state index is -0.256. The number of methoxy groups -OCH3 is 1. The summed E-state index contributed by atoms with van der Waals surface area (Å²) in [6, 6.07) is 0. The quantitative estimate of drug-likeness (QED) is 0.808. The van der Waals surface area contributed by atoms with Crippen LogP contribution in [0.1, 0.15) is 12.7 Å². The Labute approximate surface area is 118 Å². The minimum Gasteiger partial charge on any atom is -0.392 e. The summed E-state index contributed by atoms with van der Waals surface area (Å²) in [4.78, 5) is 9.10. The monoisotopic (exact) mass is 286 g/mol. The molecule has 0 radical (unpaired) electrons. The fraction of sp³-hybridized carbons (Fsp3) is 0.833. The van der Waals surface area contributed by atoms with Gasteiger partial charge in [-0.05, 0) is 6.92 Å². The van der Waals surface area contributed by atoms with Gasteiger partial charge in [-0.15, -0.1) is 0 Å². The van der Waals surface area contributed by atoms with E-state index in [0.717, 1.165) is 50.1 Å². The van der Waals surface area contributed by atoms with Crippen LogP contribution in [0, 0.1) is 0 Å². The first kappa shape index (κ1) is 14.6. The normalized spacial score (nSPS) is 18.8. The molecule has 1 aromatic heterocycles. The molecule has 2 heterocycles. The van der Waals surface area contributed by atoms with Gasteiger partial charge in [0.25, 0.3) is 0 Å². The summed E-state index contributed by atoms with van der Waals surface area (Å²) in [6.45, 7) is 7.09. The summed E-state index contributed by atoms with van der Waals surface area (Å²) in [6.07, 6.45) is 0.517. The number of piperazine rings is 1. The molecule has 0 bridgehead atoms. The Kier molecular flexibility index (Phi) is 5.50. The number of aromatic nitrogens is 2. The molecule has 1 fully saturated rings.